The topological polar surface area (TPSA) is 49.9 Å². The number of benzene rings is 2. The summed E-state index contributed by atoms with van der Waals surface area (Å²) < 4.78 is 0. The molecule has 0 radical (unpaired) electrons. The summed E-state index contributed by atoms with van der Waals surface area (Å²) >= 11 is 0. The monoisotopic (exact) mass is 172 g/mol. The normalized spacial score (nSPS) is 8.92. The number of anilines is 1. The lowest BCUT2D eigenvalue weighted by Crippen LogP contribution is -1.84. The molecule has 0 unspecified atom stereocenters. The number of hydrogen-bond donors (Lipinski definition) is 2. The lowest BCUT2D eigenvalue weighted by atomic mass is 10.1. The van der Waals surface area contributed by atoms with Gasteiger partial charge in [-0.1, -0.05) is 36.4 Å². The third-order valence-corrected chi connectivity index (χ3v) is 1.82. The van der Waals surface area contributed by atoms with E-state index in [1.165, 1.54) is 5.39 Å². The Bertz CT molecular complexity index is 391. The lowest BCUT2D eigenvalue weighted by Gasteiger charge is -1.98. The van der Waals surface area contributed by atoms with Gasteiger partial charge in [-0.15, -0.1) is 0 Å². The van der Waals surface area contributed by atoms with E-state index >= 15 is 0 Å². The summed E-state index contributed by atoms with van der Waals surface area (Å²) in [6, 6.07) is 14.1. The molecule has 0 aromatic heterocycles. The van der Waals surface area contributed by atoms with Crippen LogP contribution in [-0.4, -0.2) is 6.72 Å². The zero-order chi connectivity index (χ0) is 9.68. The molecule has 0 saturated heterocycles. The average molecular weight is 172 g/mol. The third-order valence-electron chi connectivity index (χ3n) is 1.82. The van der Waals surface area contributed by atoms with Gasteiger partial charge >= 0.3 is 0 Å². The molecule has 13 heavy (non-hydrogen) atoms. The first-order chi connectivity index (χ1) is 6.38. The van der Waals surface area contributed by atoms with E-state index in [9.17, 15) is 0 Å². The van der Waals surface area contributed by atoms with Crippen molar-refractivity contribution in [3.05, 3.63) is 42.5 Å². The van der Waals surface area contributed by atoms with Crippen LogP contribution < -0.4 is 5.73 Å². The minimum absolute atomic E-state index is 0.850. The van der Waals surface area contributed by atoms with Gasteiger partial charge in [0.15, 0.2) is 0 Å². The summed E-state index contributed by atoms with van der Waals surface area (Å²) in [4.78, 5) is 0. The van der Waals surface area contributed by atoms with Gasteiger partial charge in [-0.25, -0.2) is 0 Å². The number of hydrogen-bond acceptors (Lipinski definition) is 2. The SMILES string of the molecule is C=N.Nc1cccc2ccccc12. The van der Waals surface area contributed by atoms with Crippen LogP contribution in [0.15, 0.2) is 42.5 Å². The van der Waals surface area contributed by atoms with Gasteiger partial charge in [-0.05, 0) is 18.2 Å². The molecule has 0 atom stereocenters. The standard InChI is InChI=1S/C10H9N.CH3N/c11-10-7-3-5-8-4-1-2-6-9(8)10;1-2/h1-7H,11H2;2H,1H2. The quantitative estimate of drug-likeness (QED) is 0.466. The number of nitrogens with two attached hydrogens (primary N) is 1. The van der Waals surface area contributed by atoms with E-state index in [0.717, 1.165) is 11.1 Å². The maximum absolute atomic E-state index is 5.76. The molecule has 0 saturated carbocycles. The highest BCUT2D eigenvalue weighted by atomic mass is 14.5. The van der Waals surface area contributed by atoms with Crippen molar-refractivity contribution in [1.29, 1.82) is 5.41 Å². The van der Waals surface area contributed by atoms with E-state index in [1.807, 2.05) is 30.3 Å². The summed E-state index contributed by atoms with van der Waals surface area (Å²) in [6.07, 6.45) is 0. The second-order valence-corrected chi connectivity index (χ2v) is 2.57. The van der Waals surface area contributed by atoms with Crippen molar-refractivity contribution >= 4 is 23.2 Å². The maximum Gasteiger partial charge on any atom is 0.0393 e. The second-order valence-electron chi connectivity index (χ2n) is 2.57. The van der Waals surface area contributed by atoms with Gasteiger partial charge in [-0.2, -0.15) is 0 Å². The van der Waals surface area contributed by atoms with Crippen LogP contribution in [0.5, 0.6) is 0 Å². The molecule has 2 rings (SSSR count). The Kier molecular flexibility index (Phi) is 3.03. The summed E-state index contributed by atoms with van der Waals surface area (Å²) in [7, 11) is 0. The molecule has 66 valence electrons. The third kappa shape index (κ3) is 1.85. The average Bonchev–Trinajstić information content (AvgIpc) is 2.22. The molecule has 0 fully saturated rings. The zero-order valence-corrected chi connectivity index (χ0v) is 7.33. The van der Waals surface area contributed by atoms with Crippen LogP contribution in [0.2, 0.25) is 0 Å². The fourth-order valence-corrected chi connectivity index (χ4v) is 1.25. The Morgan fingerprint density at radius 1 is 0.923 bits per heavy atom. The molecule has 2 aromatic carbocycles. The van der Waals surface area contributed by atoms with Crippen molar-refractivity contribution in [2.45, 2.75) is 0 Å². The van der Waals surface area contributed by atoms with Gasteiger partial charge in [-0.3, -0.25) is 0 Å². The molecule has 2 aromatic rings. The smallest absolute Gasteiger partial charge is 0.0393 e. The molecular weight excluding hydrogens is 160 g/mol. The van der Waals surface area contributed by atoms with E-state index in [4.69, 9.17) is 11.1 Å². The molecule has 0 amide bonds. The molecule has 0 aliphatic carbocycles. The highest BCUT2D eigenvalue weighted by Gasteiger charge is 1.92. The van der Waals surface area contributed by atoms with E-state index < -0.39 is 0 Å². The first kappa shape index (κ1) is 9.26. The minimum atomic E-state index is 0.850. The van der Waals surface area contributed by atoms with Crippen LogP contribution in [0.3, 0.4) is 0 Å². The summed E-state index contributed by atoms with van der Waals surface area (Å²) in [5.41, 5.74) is 6.61. The highest BCUT2D eigenvalue weighted by molar-refractivity contribution is 5.92. The molecule has 0 aliphatic rings. The molecule has 3 N–H and O–H groups in total. The molecule has 2 heteroatoms. The minimum Gasteiger partial charge on any atom is -0.398 e. The Balaban J connectivity index is 0.000000396. The summed E-state index contributed by atoms with van der Waals surface area (Å²) in [5, 5.41) is 7.84. The summed E-state index contributed by atoms with van der Waals surface area (Å²) in [6.45, 7) is 2.50. The number of fused-ring (bicyclic) bond motifs is 1. The zero-order valence-electron chi connectivity index (χ0n) is 7.33. The van der Waals surface area contributed by atoms with E-state index in [2.05, 4.69) is 18.9 Å². The van der Waals surface area contributed by atoms with Crippen LogP contribution in [0.25, 0.3) is 10.8 Å². The fourth-order valence-electron chi connectivity index (χ4n) is 1.25. The Morgan fingerprint density at radius 2 is 1.54 bits per heavy atom. The predicted molar refractivity (Wildman–Crippen MR) is 58.2 cm³/mol. The van der Waals surface area contributed by atoms with Crippen molar-refractivity contribution in [3.63, 3.8) is 0 Å². The number of nitrogens with one attached hydrogen (secondary N) is 1. The van der Waals surface area contributed by atoms with Gasteiger partial charge in [0, 0.05) is 11.1 Å². The van der Waals surface area contributed by atoms with Crippen molar-refractivity contribution in [2.24, 2.45) is 0 Å². The van der Waals surface area contributed by atoms with Crippen LogP contribution in [0.1, 0.15) is 0 Å². The molecule has 0 aliphatic heterocycles. The Morgan fingerprint density at radius 3 is 2.23 bits per heavy atom. The second kappa shape index (κ2) is 4.26. The van der Waals surface area contributed by atoms with Crippen LogP contribution in [0.4, 0.5) is 5.69 Å². The van der Waals surface area contributed by atoms with Crippen LogP contribution in [0, 0.1) is 5.41 Å². The molecule has 0 heterocycles. The first-order valence-electron chi connectivity index (χ1n) is 3.96. The van der Waals surface area contributed by atoms with Gasteiger partial charge in [0.25, 0.3) is 0 Å². The van der Waals surface area contributed by atoms with Gasteiger partial charge < -0.3 is 11.1 Å². The van der Waals surface area contributed by atoms with Crippen molar-refractivity contribution in [1.82, 2.24) is 0 Å². The van der Waals surface area contributed by atoms with Crippen molar-refractivity contribution in [3.8, 4) is 0 Å². The number of rotatable bonds is 0. The van der Waals surface area contributed by atoms with Gasteiger partial charge in [0.2, 0.25) is 0 Å². The van der Waals surface area contributed by atoms with E-state index in [-0.39, 0.29) is 0 Å². The Labute approximate surface area is 77.5 Å². The predicted octanol–water partition coefficient (Wildman–Crippen LogP) is 2.69. The van der Waals surface area contributed by atoms with Crippen molar-refractivity contribution in [2.75, 3.05) is 5.73 Å². The highest BCUT2D eigenvalue weighted by Crippen LogP contribution is 2.19. The lowest BCUT2D eigenvalue weighted by molar-refractivity contribution is 1.61. The van der Waals surface area contributed by atoms with E-state index in [1.54, 1.807) is 0 Å². The number of nitrogen functional groups attached to an aromatic ring is 1. The van der Waals surface area contributed by atoms with Gasteiger partial charge in [0.05, 0.1) is 0 Å². The van der Waals surface area contributed by atoms with Crippen molar-refractivity contribution < 1.29 is 0 Å². The molecule has 0 bridgehead atoms. The first-order valence-corrected chi connectivity index (χ1v) is 3.96. The molecule has 0 spiro atoms. The summed E-state index contributed by atoms with van der Waals surface area (Å²) in [5.74, 6) is 0. The van der Waals surface area contributed by atoms with E-state index in [0.29, 0.717) is 0 Å². The largest absolute Gasteiger partial charge is 0.398 e. The van der Waals surface area contributed by atoms with Crippen LogP contribution >= 0.6 is 0 Å². The molecule has 2 nitrogen and oxygen atoms in total. The fraction of sp³-hybridized carbons (Fsp3) is 0. The van der Waals surface area contributed by atoms with Gasteiger partial charge in [0.1, 0.15) is 0 Å². The van der Waals surface area contributed by atoms with Crippen LogP contribution in [-0.2, 0) is 0 Å². The Hall–Kier alpha value is -1.83. The molecular formula is C11H12N2. The maximum atomic E-state index is 5.76.